The molecular weight excluding hydrogens is 318 g/mol. The van der Waals surface area contributed by atoms with E-state index in [0.29, 0.717) is 24.5 Å². The third-order valence-corrected chi connectivity index (χ3v) is 7.06. The van der Waals surface area contributed by atoms with Crippen molar-refractivity contribution in [2.75, 3.05) is 32.7 Å². The van der Waals surface area contributed by atoms with E-state index in [-0.39, 0.29) is 11.3 Å². The van der Waals surface area contributed by atoms with Crippen molar-refractivity contribution >= 4 is 12.0 Å². The van der Waals surface area contributed by atoms with Gasteiger partial charge in [0.1, 0.15) is 0 Å². The van der Waals surface area contributed by atoms with E-state index in [1.807, 2.05) is 0 Å². The average molecular weight is 349 g/mol. The molecule has 0 aromatic carbocycles. The highest BCUT2D eigenvalue weighted by Gasteiger charge is 2.51. The molecule has 4 fully saturated rings. The molecule has 25 heavy (non-hydrogen) atoms. The molecule has 1 spiro atoms. The normalized spacial score (nSPS) is 33.5. The molecular formula is C19H31N3O3. The van der Waals surface area contributed by atoms with E-state index < -0.39 is 6.09 Å². The fourth-order valence-corrected chi connectivity index (χ4v) is 5.33. The second-order valence-corrected chi connectivity index (χ2v) is 8.90. The molecule has 0 aromatic rings. The Hall–Kier alpha value is -1.30. The average Bonchev–Trinajstić information content (AvgIpc) is 3.28. The first-order valence-corrected chi connectivity index (χ1v) is 9.95. The zero-order valence-electron chi connectivity index (χ0n) is 15.3. The zero-order valence-corrected chi connectivity index (χ0v) is 15.3. The Bertz CT molecular complexity index is 534. The van der Waals surface area contributed by atoms with Gasteiger partial charge in [0, 0.05) is 38.6 Å². The van der Waals surface area contributed by atoms with Crippen molar-refractivity contribution in [3.05, 3.63) is 0 Å². The second kappa shape index (κ2) is 6.45. The van der Waals surface area contributed by atoms with Gasteiger partial charge in [-0.25, -0.2) is 4.79 Å². The Kier molecular flexibility index (Phi) is 4.42. The summed E-state index contributed by atoms with van der Waals surface area (Å²) in [5.74, 6) is 0.902. The zero-order chi connectivity index (χ0) is 17.6. The molecule has 2 saturated carbocycles. The van der Waals surface area contributed by atoms with Crippen LogP contribution < -0.4 is 0 Å². The summed E-state index contributed by atoms with van der Waals surface area (Å²) in [6.45, 7) is 6.41. The number of piperidine rings is 1. The quantitative estimate of drug-likeness (QED) is 0.845. The number of hydrogen-bond acceptors (Lipinski definition) is 3. The molecule has 2 amide bonds. The maximum Gasteiger partial charge on any atom is 0.407 e. The lowest BCUT2D eigenvalue weighted by molar-refractivity contribution is -0.130. The number of carboxylic acid groups (broad SMARTS) is 1. The van der Waals surface area contributed by atoms with Crippen LogP contribution in [0, 0.1) is 11.3 Å². The van der Waals surface area contributed by atoms with Gasteiger partial charge in [0.05, 0.1) is 0 Å². The lowest BCUT2D eigenvalue weighted by atomic mass is 9.64. The fourth-order valence-electron chi connectivity index (χ4n) is 5.33. The van der Waals surface area contributed by atoms with E-state index in [2.05, 4.69) is 9.80 Å². The van der Waals surface area contributed by atoms with Crippen molar-refractivity contribution in [3.63, 3.8) is 0 Å². The smallest absolute Gasteiger partial charge is 0.407 e. The first-order chi connectivity index (χ1) is 12.0. The topological polar surface area (TPSA) is 64.1 Å². The van der Waals surface area contributed by atoms with E-state index >= 15 is 0 Å². The molecule has 4 rings (SSSR count). The van der Waals surface area contributed by atoms with Gasteiger partial charge in [-0.2, -0.15) is 0 Å². The summed E-state index contributed by atoms with van der Waals surface area (Å²) in [6.07, 6.45) is 7.40. The van der Waals surface area contributed by atoms with Crippen LogP contribution in [0.25, 0.3) is 0 Å². The highest BCUT2D eigenvalue weighted by Crippen LogP contribution is 2.50. The number of carbonyl (C=O) groups is 2. The first-order valence-electron chi connectivity index (χ1n) is 9.95. The Balaban J connectivity index is 1.21. The molecule has 2 heterocycles. The van der Waals surface area contributed by atoms with Crippen LogP contribution >= 0.6 is 0 Å². The Labute approximate surface area is 150 Å². The minimum atomic E-state index is -0.758. The van der Waals surface area contributed by atoms with E-state index in [1.54, 1.807) is 11.8 Å². The van der Waals surface area contributed by atoms with Crippen molar-refractivity contribution in [1.29, 1.82) is 0 Å². The van der Waals surface area contributed by atoms with Crippen LogP contribution in [0.5, 0.6) is 0 Å². The van der Waals surface area contributed by atoms with Crippen LogP contribution in [0.3, 0.4) is 0 Å². The fraction of sp³-hybridized carbons (Fsp3) is 0.895. The van der Waals surface area contributed by atoms with Crippen LogP contribution in [0.15, 0.2) is 0 Å². The van der Waals surface area contributed by atoms with Gasteiger partial charge in [-0.3, -0.25) is 4.79 Å². The number of nitrogens with zero attached hydrogens (tertiary/aromatic N) is 3. The number of likely N-dealkylation sites (tertiary alicyclic amines) is 2. The van der Waals surface area contributed by atoms with E-state index in [1.165, 1.54) is 38.5 Å². The summed E-state index contributed by atoms with van der Waals surface area (Å²) >= 11 is 0. The molecule has 0 radical (unpaired) electrons. The van der Waals surface area contributed by atoms with Crippen LogP contribution in [0.1, 0.15) is 51.9 Å². The largest absolute Gasteiger partial charge is 0.465 e. The van der Waals surface area contributed by atoms with Crippen molar-refractivity contribution in [1.82, 2.24) is 14.7 Å². The monoisotopic (exact) mass is 349 g/mol. The third kappa shape index (κ3) is 3.50. The van der Waals surface area contributed by atoms with Gasteiger partial charge >= 0.3 is 6.09 Å². The molecule has 2 saturated heterocycles. The molecule has 0 unspecified atom stereocenters. The summed E-state index contributed by atoms with van der Waals surface area (Å²) < 4.78 is 0. The molecule has 2 aliphatic heterocycles. The summed E-state index contributed by atoms with van der Waals surface area (Å²) in [5, 5.41) is 9.15. The maximum atomic E-state index is 11.8. The number of carbonyl (C=O) groups excluding carboxylic acids is 1. The van der Waals surface area contributed by atoms with E-state index in [4.69, 9.17) is 5.11 Å². The molecule has 140 valence electrons. The van der Waals surface area contributed by atoms with Crippen molar-refractivity contribution in [2.45, 2.75) is 64.0 Å². The van der Waals surface area contributed by atoms with Crippen LogP contribution in [-0.4, -0.2) is 76.6 Å². The summed E-state index contributed by atoms with van der Waals surface area (Å²) in [4.78, 5) is 29.3. The highest BCUT2D eigenvalue weighted by molar-refractivity contribution is 5.74. The molecule has 1 N–H and O–H groups in total. The van der Waals surface area contributed by atoms with Gasteiger partial charge in [0.25, 0.3) is 0 Å². The number of amides is 2. The lowest BCUT2D eigenvalue weighted by Crippen LogP contribution is -2.54. The van der Waals surface area contributed by atoms with Gasteiger partial charge < -0.3 is 19.8 Å². The van der Waals surface area contributed by atoms with E-state index in [0.717, 1.165) is 32.6 Å². The van der Waals surface area contributed by atoms with Crippen molar-refractivity contribution in [2.24, 2.45) is 11.3 Å². The second-order valence-electron chi connectivity index (χ2n) is 8.90. The van der Waals surface area contributed by atoms with Crippen LogP contribution in [0.4, 0.5) is 4.79 Å². The lowest BCUT2D eigenvalue weighted by Gasteiger charge is -2.51. The summed E-state index contributed by atoms with van der Waals surface area (Å²) in [7, 11) is 0. The first kappa shape index (κ1) is 17.1. The molecule has 0 aromatic heterocycles. The van der Waals surface area contributed by atoms with Gasteiger partial charge in [-0.05, 0) is 69.4 Å². The van der Waals surface area contributed by atoms with Crippen molar-refractivity contribution in [3.8, 4) is 0 Å². The van der Waals surface area contributed by atoms with Gasteiger partial charge in [0.15, 0.2) is 0 Å². The van der Waals surface area contributed by atoms with Crippen molar-refractivity contribution < 1.29 is 14.7 Å². The molecule has 6 heteroatoms. The van der Waals surface area contributed by atoms with Crippen LogP contribution in [0.2, 0.25) is 0 Å². The number of rotatable bonds is 4. The Morgan fingerprint density at radius 1 is 1.12 bits per heavy atom. The van der Waals surface area contributed by atoms with Gasteiger partial charge in [-0.1, -0.05) is 0 Å². The van der Waals surface area contributed by atoms with Crippen LogP contribution in [-0.2, 0) is 4.79 Å². The molecule has 0 atom stereocenters. The standard InChI is InChI=1S/C19H31N3O3/c1-14(23)22(16-2-3-16)12-15-4-7-20(8-5-15)17-10-19(11-17)6-9-21(13-19)18(24)25/h15-17H,2-13H2,1H3,(H,24,25). The highest BCUT2D eigenvalue weighted by atomic mass is 16.4. The molecule has 6 nitrogen and oxygen atoms in total. The minimum absolute atomic E-state index is 0.245. The Morgan fingerprint density at radius 3 is 2.32 bits per heavy atom. The summed E-state index contributed by atoms with van der Waals surface area (Å²) in [5.41, 5.74) is 0.275. The predicted octanol–water partition coefficient (Wildman–Crippen LogP) is 2.24. The summed E-state index contributed by atoms with van der Waals surface area (Å²) in [6, 6.07) is 1.18. The number of hydrogen-bond donors (Lipinski definition) is 1. The minimum Gasteiger partial charge on any atom is -0.465 e. The van der Waals surface area contributed by atoms with E-state index in [9.17, 15) is 9.59 Å². The Morgan fingerprint density at radius 2 is 1.80 bits per heavy atom. The predicted molar refractivity (Wildman–Crippen MR) is 94.4 cm³/mol. The van der Waals surface area contributed by atoms with Gasteiger partial charge in [0.2, 0.25) is 5.91 Å². The molecule has 4 aliphatic rings. The molecule has 2 aliphatic carbocycles. The SMILES string of the molecule is CC(=O)N(CC1CCN(C2CC3(CCN(C(=O)O)C3)C2)CC1)C1CC1. The maximum absolute atomic E-state index is 11.8. The third-order valence-electron chi connectivity index (χ3n) is 7.06. The molecule has 0 bridgehead atoms. The van der Waals surface area contributed by atoms with Gasteiger partial charge in [-0.15, -0.1) is 0 Å².